The molecule has 6 heteroatoms. The number of likely N-dealkylation sites (tertiary alicyclic amines) is 1. The van der Waals surface area contributed by atoms with Crippen molar-refractivity contribution in [3.63, 3.8) is 0 Å². The molecule has 0 spiro atoms. The van der Waals surface area contributed by atoms with Gasteiger partial charge in [-0.1, -0.05) is 25.5 Å². The predicted octanol–water partition coefficient (Wildman–Crippen LogP) is 4.23. The van der Waals surface area contributed by atoms with Gasteiger partial charge in [0.25, 0.3) is 0 Å². The maximum atomic E-state index is 12.1. The van der Waals surface area contributed by atoms with Crippen LogP contribution in [0.3, 0.4) is 0 Å². The number of aryl methyl sites for hydroxylation is 1. The van der Waals surface area contributed by atoms with Crippen molar-refractivity contribution in [3.8, 4) is 0 Å². The molecule has 1 unspecified atom stereocenters. The van der Waals surface area contributed by atoms with Crippen molar-refractivity contribution in [3.05, 3.63) is 45.8 Å². The van der Waals surface area contributed by atoms with Crippen molar-refractivity contribution in [2.24, 2.45) is 0 Å². The zero-order valence-electron chi connectivity index (χ0n) is 17.9. The van der Waals surface area contributed by atoms with Crippen molar-refractivity contribution >= 4 is 17.1 Å². The lowest BCUT2D eigenvalue weighted by atomic mass is 10.00. The standard InChI is InChI=1S/C23H32N2O4/c1-5-16-9-10-19-17(13-21(26)28-20(19)12-16)15-25-11-7-6-8-18(25)14-24-22(27)29-23(2,3)4/h9-10,12-13,18H,5-8,11,14-15H2,1-4H3,(H,24,27). The fourth-order valence-corrected chi connectivity index (χ4v) is 3.86. The number of piperidine rings is 1. The summed E-state index contributed by atoms with van der Waals surface area (Å²) < 4.78 is 10.8. The van der Waals surface area contributed by atoms with Gasteiger partial charge in [-0.2, -0.15) is 0 Å². The van der Waals surface area contributed by atoms with E-state index in [2.05, 4.69) is 23.2 Å². The van der Waals surface area contributed by atoms with Gasteiger partial charge >= 0.3 is 11.7 Å². The largest absolute Gasteiger partial charge is 0.444 e. The second kappa shape index (κ2) is 8.99. The van der Waals surface area contributed by atoms with E-state index in [1.807, 2.05) is 32.9 Å². The van der Waals surface area contributed by atoms with E-state index in [1.54, 1.807) is 6.07 Å². The van der Waals surface area contributed by atoms with Gasteiger partial charge in [-0.05, 0) is 63.8 Å². The summed E-state index contributed by atoms with van der Waals surface area (Å²) in [5.74, 6) is 0. The molecule has 1 N–H and O–H groups in total. The summed E-state index contributed by atoms with van der Waals surface area (Å²) in [5.41, 5.74) is 1.94. The van der Waals surface area contributed by atoms with E-state index in [0.29, 0.717) is 18.7 Å². The molecule has 0 bridgehead atoms. The van der Waals surface area contributed by atoms with Crippen LogP contribution in [0.4, 0.5) is 4.79 Å². The van der Waals surface area contributed by atoms with E-state index in [1.165, 1.54) is 0 Å². The number of amides is 1. The minimum absolute atomic E-state index is 0.216. The molecule has 1 aromatic heterocycles. The number of benzene rings is 1. The number of hydrogen-bond acceptors (Lipinski definition) is 5. The Labute approximate surface area is 172 Å². The van der Waals surface area contributed by atoms with Gasteiger partial charge in [0.05, 0.1) is 0 Å². The number of fused-ring (bicyclic) bond motifs is 1. The molecule has 1 atom stereocenters. The van der Waals surface area contributed by atoms with Crippen LogP contribution >= 0.6 is 0 Å². The molecule has 2 aromatic rings. The maximum Gasteiger partial charge on any atom is 0.407 e. The molecule has 1 fully saturated rings. The molecular formula is C23H32N2O4. The van der Waals surface area contributed by atoms with Crippen molar-refractivity contribution in [2.45, 2.75) is 71.6 Å². The highest BCUT2D eigenvalue weighted by atomic mass is 16.6. The molecule has 0 saturated carbocycles. The molecule has 1 aliphatic rings. The predicted molar refractivity (Wildman–Crippen MR) is 114 cm³/mol. The SMILES string of the molecule is CCc1ccc2c(CN3CCCCC3CNC(=O)OC(C)(C)C)cc(=O)oc2c1. The van der Waals surface area contributed by atoms with Gasteiger partial charge in [-0.15, -0.1) is 0 Å². The third-order valence-corrected chi connectivity index (χ3v) is 5.31. The van der Waals surface area contributed by atoms with E-state index < -0.39 is 5.60 Å². The molecule has 1 amide bonds. The summed E-state index contributed by atoms with van der Waals surface area (Å²) in [4.78, 5) is 26.5. The summed E-state index contributed by atoms with van der Waals surface area (Å²) in [5, 5.41) is 3.88. The average Bonchev–Trinajstić information content (AvgIpc) is 2.65. The molecular weight excluding hydrogens is 368 g/mol. The quantitative estimate of drug-likeness (QED) is 0.760. The van der Waals surface area contributed by atoms with Crippen LogP contribution in [0.25, 0.3) is 11.0 Å². The normalized spacial score (nSPS) is 18.0. The summed E-state index contributed by atoms with van der Waals surface area (Å²) >= 11 is 0. The van der Waals surface area contributed by atoms with E-state index in [0.717, 1.165) is 48.7 Å². The van der Waals surface area contributed by atoms with E-state index in [9.17, 15) is 9.59 Å². The number of ether oxygens (including phenoxy) is 1. The summed E-state index contributed by atoms with van der Waals surface area (Å²) in [6, 6.07) is 7.90. The smallest absolute Gasteiger partial charge is 0.407 e. The first-order valence-electron chi connectivity index (χ1n) is 10.5. The lowest BCUT2D eigenvalue weighted by Gasteiger charge is -2.36. The fraction of sp³-hybridized carbons (Fsp3) is 0.565. The lowest BCUT2D eigenvalue weighted by Crippen LogP contribution is -2.47. The summed E-state index contributed by atoms with van der Waals surface area (Å²) in [7, 11) is 0. The number of nitrogens with zero attached hydrogens (tertiary/aromatic N) is 1. The van der Waals surface area contributed by atoms with E-state index in [-0.39, 0.29) is 17.8 Å². The number of carbonyl (C=O) groups excluding carboxylic acids is 1. The molecule has 1 aliphatic heterocycles. The highest BCUT2D eigenvalue weighted by Crippen LogP contribution is 2.24. The monoisotopic (exact) mass is 400 g/mol. The minimum atomic E-state index is -0.509. The summed E-state index contributed by atoms with van der Waals surface area (Å²) in [6.07, 6.45) is 3.77. The first-order valence-corrected chi connectivity index (χ1v) is 10.5. The minimum Gasteiger partial charge on any atom is -0.444 e. The third kappa shape index (κ3) is 5.82. The second-order valence-corrected chi connectivity index (χ2v) is 8.78. The Morgan fingerprint density at radius 1 is 1.28 bits per heavy atom. The van der Waals surface area contributed by atoms with Crippen molar-refractivity contribution in [2.75, 3.05) is 13.1 Å². The third-order valence-electron chi connectivity index (χ3n) is 5.31. The van der Waals surface area contributed by atoms with Crippen molar-refractivity contribution < 1.29 is 13.9 Å². The Morgan fingerprint density at radius 2 is 2.07 bits per heavy atom. The Kier molecular flexibility index (Phi) is 6.63. The fourth-order valence-electron chi connectivity index (χ4n) is 3.86. The number of carbonyl (C=O) groups is 1. The van der Waals surface area contributed by atoms with Crippen molar-refractivity contribution in [1.82, 2.24) is 10.2 Å². The van der Waals surface area contributed by atoms with E-state index in [4.69, 9.17) is 9.15 Å². The zero-order chi connectivity index (χ0) is 21.0. The molecule has 3 rings (SSSR count). The second-order valence-electron chi connectivity index (χ2n) is 8.78. The molecule has 29 heavy (non-hydrogen) atoms. The Bertz CT molecular complexity index is 913. The van der Waals surface area contributed by atoms with Gasteiger partial charge in [0.1, 0.15) is 11.2 Å². The van der Waals surface area contributed by atoms with Crippen LogP contribution in [0.15, 0.2) is 33.5 Å². The Balaban J connectivity index is 1.75. The van der Waals surface area contributed by atoms with Gasteiger partial charge in [0, 0.05) is 30.6 Å². The molecule has 1 saturated heterocycles. The van der Waals surface area contributed by atoms with E-state index >= 15 is 0 Å². The van der Waals surface area contributed by atoms with Gasteiger partial charge in [0.15, 0.2) is 0 Å². The molecule has 2 heterocycles. The highest BCUT2D eigenvalue weighted by molar-refractivity contribution is 5.80. The Hall–Kier alpha value is -2.34. The number of nitrogens with one attached hydrogen (secondary N) is 1. The molecule has 158 valence electrons. The van der Waals surface area contributed by atoms with Crippen LogP contribution < -0.4 is 10.9 Å². The lowest BCUT2D eigenvalue weighted by molar-refractivity contribution is 0.0492. The first kappa shape index (κ1) is 21.4. The first-order chi connectivity index (χ1) is 13.7. The van der Waals surface area contributed by atoms with Crippen LogP contribution in [0.5, 0.6) is 0 Å². The average molecular weight is 401 g/mol. The van der Waals surface area contributed by atoms with Gasteiger partial charge in [-0.3, -0.25) is 4.90 Å². The number of hydrogen-bond donors (Lipinski definition) is 1. The van der Waals surface area contributed by atoms with Crippen LogP contribution in [-0.4, -0.2) is 35.7 Å². The molecule has 0 aliphatic carbocycles. The summed E-state index contributed by atoms with van der Waals surface area (Å²) in [6.45, 7) is 9.79. The Morgan fingerprint density at radius 3 is 2.79 bits per heavy atom. The van der Waals surface area contributed by atoms with Crippen LogP contribution in [0, 0.1) is 0 Å². The van der Waals surface area contributed by atoms with Gasteiger partial charge in [0.2, 0.25) is 0 Å². The molecule has 0 radical (unpaired) electrons. The number of rotatable bonds is 5. The highest BCUT2D eigenvalue weighted by Gasteiger charge is 2.25. The maximum absolute atomic E-state index is 12.1. The van der Waals surface area contributed by atoms with Crippen LogP contribution in [-0.2, 0) is 17.7 Å². The zero-order valence-corrected chi connectivity index (χ0v) is 17.9. The van der Waals surface area contributed by atoms with Crippen LogP contribution in [0.2, 0.25) is 0 Å². The topological polar surface area (TPSA) is 71.8 Å². The van der Waals surface area contributed by atoms with Crippen LogP contribution in [0.1, 0.15) is 58.1 Å². The molecule has 1 aromatic carbocycles. The van der Waals surface area contributed by atoms with Gasteiger partial charge < -0.3 is 14.5 Å². The number of alkyl carbamates (subject to hydrolysis) is 1. The van der Waals surface area contributed by atoms with Crippen molar-refractivity contribution in [1.29, 1.82) is 0 Å². The van der Waals surface area contributed by atoms with Gasteiger partial charge in [-0.25, -0.2) is 9.59 Å². The molecule has 6 nitrogen and oxygen atoms in total.